The summed E-state index contributed by atoms with van der Waals surface area (Å²) in [6.45, 7) is 4.36. The van der Waals surface area contributed by atoms with Crippen molar-refractivity contribution in [2.24, 2.45) is 0 Å². The Kier molecular flexibility index (Phi) is 4.19. The van der Waals surface area contributed by atoms with Gasteiger partial charge in [0.2, 0.25) is 0 Å². The zero-order valence-electron chi connectivity index (χ0n) is 14.2. The average Bonchev–Trinajstić information content (AvgIpc) is 3.24. The Balaban J connectivity index is 1.78. The Hall–Kier alpha value is -1.65. The topological polar surface area (TPSA) is 41.1 Å². The number of rotatable bonds is 3. The lowest BCUT2D eigenvalue weighted by molar-refractivity contribution is 0.742. The second-order valence-corrected chi connectivity index (χ2v) is 7.39. The van der Waals surface area contributed by atoms with Crippen molar-refractivity contribution in [3.05, 3.63) is 46.4 Å². The van der Waals surface area contributed by atoms with Crippen molar-refractivity contribution in [3.63, 3.8) is 0 Å². The molecule has 1 saturated heterocycles. The average molecular weight is 343 g/mol. The van der Waals surface area contributed by atoms with Gasteiger partial charge in [0.05, 0.1) is 0 Å². The molecule has 1 aliphatic carbocycles. The highest BCUT2D eigenvalue weighted by Crippen LogP contribution is 2.41. The molecule has 2 heterocycles. The molecule has 1 aromatic heterocycles. The van der Waals surface area contributed by atoms with E-state index in [9.17, 15) is 0 Å². The molecule has 0 radical (unpaired) electrons. The normalized spacial score (nSPS) is 22.6. The molecule has 2 atom stereocenters. The standard InChI is InChI=1S/C19H23ClN4/c1-12-3-5-16-18(12)19(23-11-22-16)24(2)17-6-4-14(20)9-15(17)13-7-8-21-10-13/h4,6,9,11-13,21H,3,5,7-8,10H2,1-2H3. The number of anilines is 2. The van der Waals surface area contributed by atoms with Gasteiger partial charge in [0, 0.05) is 35.6 Å². The molecule has 1 aromatic carbocycles. The van der Waals surface area contributed by atoms with E-state index < -0.39 is 0 Å². The van der Waals surface area contributed by atoms with Gasteiger partial charge >= 0.3 is 0 Å². The highest BCUT2D eigenvalue weighted by molar-refractivity contribution is 6.30. The van der Waals surface area contributed by atoms with Crippen LogP contribution in [0.15, 0.2) is 24.5 Å². The molecule has 4 rings (SSSR count). The third-order valence-corrected chi connectivity index (χ3v) is 5.66. The van der Waals surface area contributed by atoms with Gasteiger partial charge < -0.3 is 10.2 Å². The summed E-state index contributed by atoms with van der Waals surface area (Å²) >= 11 is 6.30. The number of hydrogen-bond acceptors (Lipinski definition) is 4. The molecule has 0 spiro atoms. The largest absolute Gasteiger partial charge is 0.329 e. The minimum absolute atomic E-state index is 0.508. The van der Waals surface area contributed by atoms with Crippen LogP contribution in [0.1, 0.15) is 48.4 Å². The zero-order valence-corrected chi connectivity index (χ0v) is 15.0. The number of benzene rings is 1. The van der Waals surface area contributed by atoms with Crippen molar-refractivity contribution in [1.82, 2.24) is 15.3 Å². The van der Waals surface area contributed by atoms with Crippen molar-refractivity contribution >= 4 is 23.1 Å². The van der Waals surface area contributed by atoms with E-state index in [-0.39, 0.29) is 0 Å². The molecule has 1 fully saturated rings. The van der Waals surface area contributed by atoms with Gasteiger partial charge in [-0.3, -0.25) is 0 Å². The van der Waals surface area contributed by atoms with Crippen LogP contribution in [0.25, 0.3) is 0 Å². The summed E-state index contributed by atoms with van der Waals surface area (Å²) in [6.07, 6.45) is 5.07. The zero-order chi connectivity index (χ0) is 16.7. The van der Waals surface area contributed by atoms with Crippen molar-refractivity contribution in [2.75, 3.05) is 25.0 Å². The number of nitrogens with zero attached hydrogens (tertiary/aromatic N) is 3. The maximum Gasteiger partial charge on any atom is 0.139 e. The van der Waals surface area contributed by atoms with Crippen molar-refractivity contribution < 1.29 is 0 Å². The van der Waals surface area contributed by atoms with Crippen LogP contribution in [0.5, 0.6) is 0 Å². The maximum absolute atomic E-state index is 6.30. The monoisotopic (exact) mass is 342 g/mol. The van der Waals surface area contributed by atoms with Gasteiger partial charge in [-0.2, -0.15) is 0 Å². The molecule has 0 amide bonds. The van der Waals surface area contributed by atoms with Gasteiger partial charge in [-0.1, -0.05) is 18.5 Å². The van der Waals surface area contributed by atoms with Crippen LogP contribution in [-0.4, -0.2) is 30.1 Å². The molecule has 126 valence electrons. The molecule has 2 aliphatic rings. The predicted octanol–water partition coefficient (Wildman–Crippen LogP) is 4.02. The lowest BCUT2D eigenvalue weighted by Crippen LogP contribution is -2.18. The number of aryl methyl sites for hydroxylation is 1. The summed E-state index contributed by atoms with van der Waals surface area (Å²) in [5.74, 6) is 2.07. The van der Waals surface area contributed by atoms with Crippen molar-refractivity contribution in [2.45, 2.75) is 38.0 Å². The third-order valence-electron chi connectivity index (χ3n) is 5.42. The van der Waals surface area contributed by atoms with Gasteiger partial charge in [-0.15, -0.1) is 0 Å². The molecule has 24 heavy (non-hydrogen) atoms. The fourth-order valence-corrected chi connectivity index (χ4v) is 4.26. The Labute approximate surface area is 148 Å². The van der Waals surface area contributed by atoms with Crippen LogP contribution >= 0.6 is 11.6 Å². The van der Waals surface area contributed by atoms with Crippen LogP contribution in [-0.2, 0) is 6.42 Å². The molecule has 1 N–H and O–H groups in total. The number of halogens is 1. The van der Waals surface area contributed by atoms with Gasteiger partial charge in [0.25, 0.3) is 0 Å². The SMILES string of the molecule is CC1CCc2ncnc(N(C)c3ccc(Cl)cc3C3CCNC3)c21. The Morgan fingerprint density at radius 2 is 2.12 bits per heavy atom. The van der Waals surface area contributed by atoms with E-state index in [0.717, 1.165) is 43.2 Å². The van der Waals surface area contributed by atoms with Crippen LogP contribution < -0.4 is 10.2 Å². The van der Waals surface area contributed by atoms with E-state index in [0.29, 0.717) is 11.8 Å². The van der Waals surface area contributed by atoms with E-state index in [1.165, 1.54) is 22.5 Å². The molecule has 1 aliphatic heterocycles. The molecule has 5 heteroatoms. The summed E-state index contributed by atoms with van der Waals surface area (Å²) in [5, 5.41) is 4.26. The first-order valence-electron chi connectivity index (χ1n) is 8.73. The number of hydrogen-bond donors (Lipinski definition) is 1. The first-order chi connectivity index (χ1) is 11.6. The minimum atomic E-state index is 0.508. The maximum atomic E-state index is 6.30. The smallest absolute Gasteiger partial charge is 0.139 e. The second-order valence-electron chi connectivity index (χ2n) is 6.95. The lowest BCUT2D eigenvalue weighted by atomic mass is 9.95. The molecular formula is C19H23ClN4. The van der Waals surface area contributed by atoms with E-state index in [1.807, 2.05) is 6.07 Å². The highest BCUT2D eigenvalue weighted by Gasteiger charge is 2.28. The summed E-state index contributed by atoms with van der Waals surface area (Å²) < 4.78 is 0. The summed E-state index contributed by atoms with van der Waals surface area (Å²) in [6, 6.07) is 6.23. The summed E-state index contributed by atoms with van der Waals surface area (Å²) in [7, 11) is 2.11. The molecule has 0 bridgehead atoms. The lowest BCUT2D eigenvalue weighted by Gasteiger charge is -2.26. The number of nitrogens with one attached hydrogen (secondary N) is 1. The Morgan fingerprint density at radius 1 is 1.25 bits per heavy atom. The van der Waals surface area contributed by atoms with E-state index in [4.69, 9.17) is 11.6 Å². The number of aromatic nitrogens is 2. The quantitative estimate of drug-likeness (QED) is 0.914. The second kappa shape index (κ2) is 6.34. The van der Waals surface area contributed by atoms with Gasteiger partial charge in [-0.25, -0.2) is 9.97 Å². The summed E-state index contributed by atoms with van der Waals surface area (Å²) in [4.78, 5) is 11.4. The molecule has 4 nitrogen and oxygen atoms in total. The first-order valence-corrected chi connectivity index (χ1v) is 9.10. The minimum Gasteiger partial charge on any atom is -0.329 e. The van der Waals surface area contributed by atoms with Gasteiger partial charge in [-0.05, 0) is 61.4 Å². The first kappa shape index (κ1) is 15.9. The van der Waals surface area contributed by atoms with Crippen LogP contribution in [0, 0.1) is 0 Å². The van der Waals surface area contributed by atoms with Crippen LogP contribution in [0.2, 0.25) is 5.02 Å². The highest BCUT2D eigenvalue weighted by atomic mass is 35.5. The third kappa shape index (κ3) is 2.68. The Morgan fingerprint density at radius 3 is 2.92 bits per heavy atom. The fraction of sp³-hybridized carbons (Fsp3) is 0.474. The van der Waals surface area contributed by atoms with E-state index in [1.54, 1.807) is 6.33 Å². The molecule has 2 aromatic rings. The van der Waals surface area contributed by atoms with Crippen LogP contribution in [0.4, 0.5) is 11.5 Å². The molecule has 2 unspecified atom stereocenters. The van der Waals surface area contributed by atoms with Crippen LogP contribution in [0.3, 0.4) is 0 Å². The van der Waals surface area contributed by atoms with Crippen molar-refractivity contribution in [1.29, 1.82) is 0 Å². The Bertz CT molecular complexity index is 755. The van der Waals surface area contributed by atoms with E-state index in [2.05, 4.69) is 46.3 Å². The predicted molar refractivity (Wildman–Crippen MR) is 98.5 cm³/mol. The molecule has 0 saturated carbocycles. The van der Waals surface area contributed by atoms with E-state index >= 15 is 0 Å². The number of fused-ring (bicyclic) bond motifs is 1. The molecular weight excluding hydrogens is 320 g/mol. The van der Waals surface area contributed by atoms with Gasteiger partial charge in [0.1, 0.15) is 12.1 Å². The summed E-state index contributed by atoms with van der Waals surface area (Å²) in [5.41, 5.74) is 5.03. The van der Waals surface area contributed by atoms with Gasteiger partial charge in [0.15, 0.2) is 0 Å². The fourth-order valence-electron chi connectivity index (χ4n) is 4.08. The van der Waals surface area contributed by atoms with Crippen molar-refractivity contribution in [3.8, 4) is 0 Å².